The highest BCUT2D eigenvalue weighted by molar-refractivity contribution is 5.29. The zero-order valence-corrected chi connectivity index (χ0v) is 11.4. The van der Waals surface area contributed by atoms with Crippen LogP contribution in [0.25, 0.3) is 0 Å². The molecule has 0 heterocycles. The fraction of sp³-hybridized carbons (Fsp3) is 0.529. The number of unbranched alkanes of at least 4 members (excludes halogenated alkanes) is 5. The van der Waals surface area contributed by atoms with Crippen LogP contribution in [0.5, 0.6) is 0 Å². The zero-order chi connectivity index (χ0) is 13.5. The Hall–Kier alpha value is -1.44. The molecule has 0 aromatic rings. The van der Waals surface area contributed by atoms with Crippen molar-refractivity contribution >= 4 is 0 Å². The maximum atomic E-state index is 9.05. The van der Waals surface area contributed by atoms with E-state index in [1.807, 2.05) is 0 Å². The fourth-order valence-corrected chi connectivity index (χ4v) is 1.39. The molecule has 0 aliphatic carbocycles. The van der Waals surface area contributed by atoms with Gasteiger partial charge in [0.25, 0.3) is 0 Å². The first kappa shape index (κ1) is 16.6. The first-order valence-corrected chi connectivity index (χ1v) is 6.75. The smallest absolute Gasteiger partial charge is 0.134 e. The molecule has 0 aliphatic rings. The van der Waals surface area contributed by atoms with Crippen molar-refractivity contribution in [2.24, 2.45) is 0 Å². The van der Waals surface area contributed by atoms with Gasteiger partial charge in [0.1, 0.15) is 6.10 Å². The van der Waals surface area contributed by atoms with Gasteiger partial charge in [-0.15, -0.1) is 0 Å². The van der Waals surface area contributed by atoms with Crippen LogP contribution in [-0.2, 0) is 0 Å². The van der Waals surface area contributed by atoms with E-state index >= 15 is 0 Å². The van der Waals surface area contributed by atoms with Gasteiger partial charge in [0.05, 0.1) is 0 Å². The van der Waals surface area contributed by atoms with Gasteiger partial charge in [0.15, 0.2) is 0 Å². The summed E-state index contributed by atoms with van der Waals surface area (Å²) < 4.78 is 0. The molecule has 0 amide bonds. The maximum absolute atomic E-state index is 9.05. The van der Waals surface area contributed by atoms with E-state index in [-0.39, 0.29) is 0 Å². The molecule has 0 radical (unpaired) electrons. The lowest BCUT2D eigenvalue weighted by Gasteiger charge is -1.95. The van der Waals surface area contributed by atoms with Crippen LogP contribution in [0.2, 0.25) is 0 Å². The molecule has 1 heteroatoms. The Balaban J connectivity index is 3.50. The minimum Gasteiger partial charge on any atom is -0.377 e. The predicted octanol–water partition coefficient (Wildman–Crippen LogP) is 3.85. The summed E-state index contributed by atoms with van der Waals surface area (Å²) in [6.45, 7) is 5.66. The summed E-state index contributed by atoms with van der Waals surface area (Å²) in [6.07, 6.45) is 13.4. The SMILES string of the molecule is C=C[C@@H](O)C#CC#CC/C=C\CCCCCCC. The molecule has 0 saturated carbocycles. The van der Waals surface area contributed by atoms with Gasteiger partial charge in [-0.3, -0.25) is 0 Å². The molecule has 0 aliphatic heterocycles. The van der Waals surface area contributed by atoms with Crippen LogP contribution in [-0.4, -0.2) is 11.2 Å². The van der Waals surface area contributed by atoms with Crippen molar-refractivity contribution in [3.05, 3.63) is 24.8 Å². The largest absolute Gasteiger partial charge is 0.377 e. The van der Waals surface area contributed by atoms with Crippen LogP contribution < -0.4 is 0 Å². The molecule has 98 valence electrons. The lowest BCUT2D eigenvalue weighted by Crippen LogP contribution is -1.94. The first-order valence-electron chi connectivity index (χ1n) is 6.75. The third kappa shape index (κ3) is 12.6. The average molecular weight is 244 g/mol. The number of aliphatic hydroxyl groups is 1. The quantitative estimate of drug-likeness (QED) is 0.391. The van der Waals surface area contributed by atoms with Crippen LogP contribution in [0.4, 0.5) is 0 Å². The molecule has 0 aromatic heterocycles. The highest BCUT2D eigenvalue weighted by Crippen LogP contribution is 2.05. The zero-order valence-electron chi connectivity index (χ0n) is 11.4. The molecular formula is C17H24O. The first-order chi connectivity index (χ1) is 8.81. The van der Waals surface area contributed by atoms with E-state index in [0.29, 0.717) is 0 Å². The maximum Gasteiger partial charge on any atom is 0.134 e. The van der Waals surface area contributed by atoms with Crippen LogP contribution in [0.15, 0.2) is 24.8 Å². The van der Waals surface area contributed by atoms with Crippen molar-refractivity contribution in [2.45, 2.75) is 58.0 Å². The van der Waals surface area contributed by atoms with Gasteiger partial charge in [-0.25, -0.2) is 0 Å². The molecule has 1 N–H and O–H groups in total. The van der Waals surface area contributed by atoms with Crippen molar-refractivity contribution in [2.75, 3.05) is 0 Å². The average Bonchev–Trinajstić information content (AvgIpc) is 2.39. The van der Waals surface area contributed by atoms with Crippen LogP contribution in [0.1, 0.15) is 51.9 Å². The number of hydrogen-bond donors (Lipinski definition) is 1. The van der Waals surface area contributed by atoms with Crippen LogP contribution in [0.3, 0.4) is 0 Å². The monoisotopic (exact) mass is 244 g/mol. The van der Waals surface area contributed by atoms with Crippen LogP contribution in [0, 0.1) is 23.7 Å². The van der Waals surface area contributed by atoms with E-state index in [2.05, 4.69) is 49.3 Å². The van der Waals surface area contributed by atoms with E-state index in [4.69, 9.17) is 5.11 Å². The summed E-state index contributed by atoms with van der Waals surface area (Å²) in [5.41, 5.74) is 0. The Kier molecular flexibility index (Phi) is 12.5. The normalized spacial score (nSPS) is 11.2. The van der Waals surface area contributed by atoms with Gasteiger partial charge < -0.3 is 5.11 Å². The summed E-state index contributed by atoms with van der Waals surface area (Å²) in [6, 6.07) is 0. The standard InChI is InChI=1S/C17H24O/c1-3-5-6-7-8-9-10-11-12-13-14-15-16-17(18)4-2/h4,10-11,17-18H,2-3,5-9,12H2,1H3/b11-10-/t17-/m1/s1. The third-order valence-corrected chi connectivity index (χ3v) is 2.46. The molecule has 0 saturated heterocycles. The molecular weight excluding hydrogens is 220 g/mol. The summed E-state index contributed by atoms with van der Waals surface area (Å²) in [5, 5.41) is 9.05. The Labute approximate surface area is 112 Å². The number of allylic oxidation sites excluding steroid dienone is 2. The van der Waals surface area contributed by atoms with Crippen molar-refractivity contribution in [1.82, 2.24) is 0 Å². The van der Waals surface area contributed by atoms with E-state index in [9.17, 15) is 0 Å². The van der Waals surface area contributed by atoms with Gasteiger partial charge in [-0.1, -0.05) is 69.3 Å². The Morgan fingerprint density at radius 3 is 2.61 bits per heavy atom. The van der Waals surface area contributed by atoms with Crippen LogP contribution >= 0.6 is 0 Å². The van der Waals surface area contributed by atoms with Crippen molar-refractivity contribution in [3.8, 4) is 23.7 Å². The molecule has 0 rings (SSSR count). The van der Waals surface area contributed by atoms with Gasteiger partial charge in [0.2, 0.25) is 0 Å². The number of rotatable bonds is 8. The second-order valence-corrected chi connectivity index (χ2v) is 4.13. The van der Waals surface area contributed by atoms with Gasteiger partial charge in [-0.05, 0) is 24.7 Å². The highest BCUT2D eigenvalue weighted by atomic mass is 16.3. The molecule has 0 spiro atoms. The summed E-state index contributed by atoms with van der Waals surface area (Å²) in [5.74, 6) is 10.8. The molecule has 0 fully saturated rings. The third-order valence-electron chi connectivity index (χ3n) is 2.46. The molecule has 1 nitrogen and oxygen atoms in total. The molecule has 18 heavy (non-hydrogen) atoms. The minimum absolute atomic E-state index is 0.730. The Bertz CT molecular complexity index is 343. The summed E-state index contributed by atoms with van der Waals surface area (Å²) in [4.78, 5) is 0. The Morgan fingerprint density at radius 1 is 1.11 bits per heavy atom. The second-order valence-electron chi connectivity index (χ2n) is 4.13. The minimum atomic E-state index is -0.766. The number of hydrogen-bond acceptors (Lipinski definition) is 1. The van der Waals surface area contributed by atoms with Crippen molar-refractivity contribution in [1.29, 1.82) is 0 Å². The van der Waals surface area contributed by atoms with E-state index in [1.165, 1.54) is 38.2 Å². The van der Waals surface area contributed by atoms with E-state index < -0.39 is 6.10 Å². The topological polar surface area (TPSA) is 20.2 Å². The molecule has 1 atom stereocenters. The predicted molar refractivity (Wildman–Crippen MR) is 78.9 cm³/mol. The highest BCUT2D eigenvalue weighted by Gasteiger charge is 1.86. The molecule has 0 unspecified atom stereocenters. The lowest BCUT2D eigenvalue weighted by atomic mass is 10.1. The van der Waals surface area contributed by atoms with Gasteiger partial charge >= 0.3 is 0 Å². The summed E-state index contributed by atoms with van der Waals surface area (Å²) in [7, 11) is 0. The van der Waals surface area contributed by atoms with Gasteiger partial charge in [-0.2, -0.15) is 0 Å². The van der Waals surface area contributed by atoms with E-state index in [0.717, 1.165) is 12.8 Å². The van der Waals surface area contributed by atoms with E-state index in [1.54, 1.807) is 0 Å². The molecule has 0 bridgehead atoms. The fourth-order valence-electron chi connectivity index (χ4n) is 1.39. The summed E-state index contributed by atoms with van der Waals surface area (Å²) >= 11 is 0. The van der Waals surface area contributed by atoms with Crippen molar-refractivity contribution in [3.63, 3.8) is 0 Å². The lowest BCUT2D eigenvalue weighted by molar-refractivity contribution is 0.281. The molecule has 0 aromatic carbocycles. The van der Waals surface area contributed by atoms with Crippen molar-refractivity contribution < 1.29 is 5.11 Å². The number of aliphatic hydroxyl groups excluding tert-OH is 1. The van der Waals surface area contributed by atoms with Gasteiger partial charge in [0, 0.05) is 6.42 Å². The Morgan fingerprint density at radius 2 is 1.89 bits per heavy atom. The second kappa shape index (κ2) is 13.6.